The van der Waals surface area contributed by atoms with E-state index < -0.39 is 5.25 Å². The summed E-state index contributed by atoms with van der Waals surface area (Å²) in [5.74, 6) is 0.0332. The minimum Gasteiger partial charge on any atom is -0.325 e. The summed E-state index contributed by atoms with van der Waals surface area (Å²) >= 11 is 2.79. The number of aromatic amines is 1. The molecule has 0 saturated carbocycles. The Hall–Kier alpha value is -2.19. The van der Waals surface area contributed by atoms with Crippen LogP contribution in [0.3, 0.4) is 0 Å². The van der Waals surface area contributed by atoms with Gasteiger partial charge in [-0.1, -0.05) is 18.7 Å². The fourth-order valence-corrected chi connectivity index (χ4v) is 5.62. The first-order valence-corrected chi connectivity index (χ1v) is 10.9. The number of hydrogen-bond donors (Lipinski definition) is 2. The first-order chi connectivity index (χ1) is 13.4. The number of thioether (sulfide) groups is 1. The first kappa shape index (κ1) is 19.1. The highest BCUT2D eigenvalue weighted by Crippen LogP contribution is 2.36. The standard InChI is InChI=1S/C20H20FN3O2S2/c1-10-3-8-14-15(9-10)28-19-16(14)18(26)23-20(24-19)27-11(2)17(25)22-13-6-4-12(21)5-7-13/h4-7,10-11H,3,8-9H2,1-2H3,(H,22,25)(H,23,24,26)/t10-,11-/m1/s1. The Morgan fingerprint density at radius 1 is 1.39 bits per heavy atom. The molecular formula is C20H20FN3O2S2. The summed E-state index contributed by atoms with van der Waals surface area (Å²) in [6.07, 6.45) is 3.01. The normalized spacial score (nSPS) is 17.3. The van der Waals surface area contributed by atoms with Crippen LogP contribution < -0.4 is 10.9 Å². The maximum atomic E-state index is 13.0. The zero-order valence-corrected chi connectivity index (χ0v) is 17.2. The molecule has 3 aromatic rings. The van der Waals surface area contributed by atoms with E-state index >= 15 is 0 Å². The fourth-order valence-electron chi connectivity index (χ4n) is 3.38. The molecule has 2 heterocycles. The average Bonchev–Trinajstić information content (AvgIpc) is 3.01. The van der Waals surface area contributed by atoms with Crippen LogP contribution in [0.25, 0.3) is 10.2 Å². The van der Waals surface area contributed by atoms with Crippen LogP contribution in [0.1, 0.15) is 30.7 Å². The molecule has 0 bridgehead atoms. The lowest BCUT2D eigenvalue weighted by Crippen LogP contribution is -2.23. The van der Waals surface area contributed by atoms with Crippen LogP contribution in [0.4, 0.5) is 10.1 Å². The molecule has 1 aliphatic carbocycles. The van der Waals surface area contributed by atoms with Gasteiger partial charge >= 0.3 is 0 Å². The van der Waals surface area contributed by atoms with Crippen LogP contribution >= 0.6 is 23.1 Å². The number of aromatic nitrogens is 2. The summed E-state index contributed by atoms with van der Waals surface area (Å²) in [4.78, 5) is 34.5. The maximum Gasteiger partial charge on any atom is 0.260 e. The molecule has 1 aromatic carbocycles. The van der Waals surface area contributed by atoms with Crippen molar-refractivity contribution in [1.29, 1.82) is 0 Å². The minimum absolute atomic E-state index is 0.134. The van der Waals surface area contributed by atoms with Crippen molar-refractivity contribution in [1.82, 2.24) is 9.97 Å². The Morgan fingerprint density at radius 2 is 2.14 bits per heavy atom. The molecule has 0 aliphatic heterocycles. The van der Waals surface area contributed by atoms with Gasteiger partial charge in [-0.25, -0.2) is 9.37 Å². The second-order valence-corrected chi connectivity index (χ2v) is 9.57. The van der Waals surface area contributed by atoms with Crippen molar-refractivity contribution >= 4 is 44.9 Å². The van der Waals surface area contributed by atoms with Crippen molar-refractivity contribution in [3.8, 4) is 0 Å². The first-order valence-electron chi connectivity index (χ1n) is 9.18. The summed E-state index contributed by atoms with van der Waals surface area (Å²) in [6.45, 7) is 3.97. The van der Waals surface area contributed by atoms with Gasteiger partial charge in [0.05, 0.1) is 10.6 Å². The van der Waals surface area contributed by atoms with E-state index in [1.165, 1.54) is 40.9 Å². The zero-order valence-electron chi connectivity index (χ0n) is 15.5. The van der Waals surface area contributed by atoms with Gasteiger partial charge in [0.1, 0.15) is 10.6 Å². The van der Waals surface area contributed by atoms with E-state index in [9.17, 15) is 14.0 Å². The number of hydrogen-bond acceptors (Lipinski definition) is 5. The van der Waals surface area contributed by atoms with E-state index in [0.717, 1.165) is 29.7 Å². The predicted octanol–water partition coefficient (Wildman–Crippen LogP) is 4.37. The Kier molecular flexibility index (Phi) is 5.25. The van der Waals surface area contributed by atoms with Crippen molar-refractivity contribution in [2.24, 2.45) is 5.92 Å². The highest BCUT2D eigenvalue weighted by molar-refractivity contribution is 8.00. The highest BCUT2D eigenvalue weighted by atomic mass is 32.2. The largest absolute Gasteiger partial charge is 0.325 e. The third kappa shape index (κ3) is 3.84. The summed E-state index contributed by atoms with van der Waals surface area (Å²) < 4.78 is 13.0. The Labute approximate surface area is 169 Å². The van der Waals surface area contributed by atoms with E-state index in [1.807, 2.05) is 0 Å². The third-order valence-electron chi connectivity index (χ3n) is 4.91. The van der Waals surface area contributed by atoms with Gasteiger partial charge in [0.2, 0.25) is 5.91 Å². The van der Waals surface area contributed by atoms with E-state index in [1.54, 1.807) is 18.3 Å². The number of carbonyl (C=O) groups is 1. The predicted molar refractivity (Wildman–Crippen MR) is 112 cm³/mol. The molecule has 0 radical (unpaired) electrons. The SMILES string of the molecule is C[C@@H]1CCc2c(sc3nc(S[C@H](C)C(=O)Nc4ccc(F)cc4)[nH]c(=O)c23)C1. The Balaban J connectivity index is 1.53. The highest BCUT2D eigenvalue weighted by Gasteiger charge is 2.24. The van der Waals surface area contributed by atoms with Crippen molar-refractivity contribution in [3.05, 3.63) is 50.9 Å². The van der Waals surface area contributed by atoms with Crippen molar-refractivity contribution in [2.75, 3.05) is 5.32 Å². The quantitative estimate of drug-likeness (QED) is 0.488. The lowest BCUT2D eigenvalue weighted by molar-refractivity contribution is -0.115. The molecule has 0 spiro atoms. The molecule has 0 saturated heterocycles. The molecule has 2 aromatic heterocycles. The molecule has 1 amide bonds. The number of halogens is 1. The molecule has 8 heteroatoms. The second kappa shape index (κ2) is 7.67. The van der Waals surface area contributed by atoms with Gasteiger partial charge in [0, 0.05) is 10.6 Å². The smallest absolute Gasteiger partial charge is 0.260 e. The Bertz CT molecular complexity index is 1090. The number of amides is 1. The van der Waals surface area contributed by atoms with Crippen LogP contribution in [0.15, 0.2) is 34.2 Å². The summed E-state index contributed by atoms with van der Waals surface area (Å²) in [7, 11) is 0. The van der Waals surface area contributed by atoms with Crippen LogP contribution in [-0.2, 0) is 17.6 Å². The van der Waals surface area contributed by atoms with Crippen LogP contribution in [0.2, 0.25) is 0 Å². The van der Waals surface area contributed by atoms with Crippen LogP contribution in [0.5, 0.6) is 0 Å². The van der Waals surface area contributed by atoms with Gasteiger partial charge in [-0.3, -0.25) is 9.59 Å². The summed E-state index contributed by atoms with van der Waals surface area (Å²) in [5.41, 5.74) is 1.53. The van der Waals surface area contributed by atoms with Crippen molar-refractivity contribution < 1.29 is 9.18 Å². The second-order valence-electron chi connectivity index (χ2n) is 7.16. The number of anilines is 1. The molecule has 2 N–H and O–H groups in total. The summed E-state index contributed by atoms with van der Waals surface area (Å²) in [6, 6.07) is 5.60. The number of aryl methyl sites for hydroxylation is 1. The average molecular weight is 418 g/mol. The van der Waals surface area contributed by atoms with Crippen LogP contribution in [-0.4, -0.2) is 21.1 Å². The number of benzene rings is 1. The number of rotatable bonds is 4. The lowest BCUT2D eigenvalue weighted by atomic mass is 9.89. The molecule has 2 atom stereocenters. The fraction of sp³-hybridized carbons (Fsp3) is 0.350. The number of thiophene rings is 1. The van der Waals surface area contributed by atoms with E-state index in [4.69, 9.17) is 0 Å². The van der Waals surface area contributed by atoms with E-state index in [2.05, 4.69) is 22.2 Å². The maximum absolute atomic E-state index is 13.0. The van der Waals surface area contributed by atoms with Crippen molar-refractivity contribution in [3.63, 3.8) is 0 Å². The monoisotopic (exact) mass is 417 g/mol. The third-order valence-corrected chi connectivity index (χ3v) is 7.05. The van der Waals surface area contributed by atoms with Gasteiger partial charge in [-0.2, -0.15) is 0 Å². The van der Waals surface area contributed by atoms with Gasteiger partial charge in [-0.15, -0.1) is 11.3 Å². The molecule has 0 fully saturated rings. The minimum atomic E-state index is -0.472. The zero-order chi connectivity index (χ0) is 19.8. The molecular weight excluding hydrogens is 397 g/mol. The van der Waals surface area contributed by atoms with Crippen LogP contribution in [0, 0.1) is 11.7 Å². The molecule has 28 heavy (non-hydrogen) atoms. The van der Waals surface area contributed by atoms with E-state index in [-0.39, 0.29) is 17.3 Å². The molecule has 0 unspecified atom stereocenters. The number of carbonyl (C=O) groups excluding carboxylic acids is 1. The topological polar surface area (TPSA) is 74.8 Å². The number of nitrogens with zero attached hydrogens (tertiary/aromatic N) is 1. The summed E-state index contributed by atoms with van der Waals surface area (Å²) in [5, 5.41) is 3.41. The number of fused-ring (bicyclic) bond motifs is 3. The van der Waals surface area contributed by atoms with Gasteiger partial charge < -0.3 is 10.3 Å². The molecule has 4 rings (SSSR count). The van der Waals surface area contributed by atoms with E-state index in [0.29, 0.717) is 22.1 Å². The number of H-pyrrole nitrogens is 1. The van der Waals surface area contributed by atoms with Gasteiger partial charge in [0.15, 0.2) is 5.16 Å². The molecule has 1 aliphatic rings. The van der Waals surface area contributed by atoms with Crippen molar-refractivity contribution in [2.45, 2.75) is 43.5 Å². The Morgan fingerprint density at radius 3 is 2.89 bits per heavy atom. The van der Waals surface area contributed by atoms with Gasteiger partial charge in [0.25, 0.3) is 5.56 Å². The number of nitrogens with one attached hydrogen (secondary N) is 2. The molecule has 146 valence electrons. The van der Waals surface area contributed by atoms with Gasteiger partial charge in [-0.05, 0) is 61.9 Å². The lowest BCUT2D eigenvalue weighted by Gasteiger charge is -2.17. The molecule has 5 nitrogen and oxygen atoms in total.